The van der Waals surface area contributed by atoms with E-state index in [9.17, 15) is 4.79 Å². The molecule has 2 aromatic rings. The van der Waals surface area contributed by atoms with E-state index in [-0.39, 0.29) is 12.5 Å². The van der Waals surface area contributed by atoms with Gasteiger partial charge in [0.1, 0.15) is 0 Å². The molecule has 3 heterocycles. The summed E-state index contributed by atoms with van der Waals surface area (Å²) >= 11 is 1.60. The van der Waals surface area contributed by atoms with Crippen LogP contribution in [0.1, 0.15) is 31.7 Å². The van der Waals surface area contributed by atoms with Crippen LogP contribution in [0.4, 0.5) is 0 Å². The molecule has 0 aromatic carbocycles. The number of carboxylic acids is 1. The molecule has 3 rings (SSSR count). The molecule has 0 saturated carbocycles. The molecule has 8 heteroatoms. The molecule has 0 aliphatic carbocycles. The zero-order chi connectivity index (χ0) is 16.9. The summed E-state index contributed by atoms with van der Waals surface area (Å²) in [6.07, 6.45) is 0.947. The third-order valence-corrected chi connectivity index (χ3v) is 5.23. The second kappa shape index (κ2) is 7.87. The van der Waals surface area contributed by atoms with E-state index in [1.165, 1.54) is 0 Å². The number of thiophene rings is 1. The predicted octanol–water partition coefficient (Wildman–Crippen LogP) is 2.34. The third kappa shape index (κ3) is 4.19. The van der Waals surface area contributed by atoms with Crippen LogP contribution in [-0.2, 0) is 4.79 Å². The summed E-state index contributed by atoms with van der Waals surface area (Å²) in [6, 6.07) is 4.05. The molecule has 0 radical (unpaired) electrons. The fourth-order valence-electron chi connectivity index (χ4n) is 2.90. The van der Waals surface area contributed by atoms with Crippen molar-refractivity contribution in [3.8, 4) is 10.7 Å². The molecule has 1 aliphatic rings. The summed E-state index contributed by atoms with van der Waals surface area (Å²) in [7, 11) is 0. The Balaban J connectivity index is 1.50. The average Bonchev–Trinajstić information content (AvgIpc) is 3.26. The first kappa shape index (κ1) is 17.1. The largest absolute Gasteiger partial charge is 0.481 e. The monoisotopic (exact) mass is 350 g/mol. The molecule has 1 N–H and O–H groups in total. The second-order valence-corrected chi connectivity index (χ2v) is 6.93. The zero-order valence-corrected chi connectivity index (χ0v) is 14.5. The van der Waals surface area contributed by atoms with Crippen LogP contribution in [0.25, 0.3) is 10.7 Å². The van der Waals surface area contributed by atoms with Gasteiger partial charge < -0.3 is 14.5 Å². The number of piperazine rings is 1. The van der Waals surface area contributed by atoms with E-state index in [2.05, 4.69) is 26.9 Å². The second-order valence-electron chi connectivity index (χ2n) is 5.98. The van der Waals surface area contributed by atoms with E-state index < -0.39 is 5.97 Å². The van der Waals surface area contributed by atoms with Crippen LogP contribution in [0, 0.1) is 0 Å². The molecule has 1 aliphatic heterocycles. The first-order valence-electron chi connectivity index (χ1n) is 8.19. The Hall–Kier alpha value is -1.77. The lowest BCUT2D eigenvalue weighted by Crippen LogP contribution is -2.47. The van der Waals surface area contributed by atoms with Crippen LogP contribution in [0.5, 0.6) is 0 Å². The van der Waals surface area contributed by atoms with E-state index in [4.69, 9.17) is 9.63 Å². The molecular formula is C16H22N4O3S. The first-order chi connectivity index (χ1) is 11.6. The number of aromatic nitrogens is 2. The summed E-state index contributed by atoms with van der Waals surface area (Å²) in [5, 5.41) is 14.8. The number of hydrogen-bond acceptors (Lipinski definition) is 7. The molecule has 1 saturated heterocycles. The normalized spacial score (nSPS) is 17.9. The molecular weight excluding hydrogens is 328 g/mol. The molecule has 7 nitrogen and oxygen atoms in total. The van der Waals surface area contributed by atoms with Gasteiger partial charge >= 0.3 is 5.97 Å². The lowest BCUT2D eigenvalue weighted by atomic mass is 10.2. The lowest BCUT2D eigenvalue weighted by molar-refractivity contribution is -0.137. The highest BCUT2D eigenvalue weighted by molar-refractivity contribution is 7.13. The maximum atomic E-state index is 10.6. The van der Waals surface area contributed by atoms with Crippen molar-refractivity contribution in [1.82, 2.24) is 19.9 Å². The maximum absolute atomic E-state index is 10.6. The topological polar surface area (TPSA) is 82.7 Å². The molecule has 0 spiro atoms. The number of hydrogen-bond donors (Lipinski definition) is 1. The van der Waals surface area contributed by atoms with Gasteiger partial charge in [-0.05, 0) is 31.3 Å². The van der Waals surface area contributed by atoms with Crippen molar-refractivity contribution >= 4 is 17.3 Å². The molecule has 2 aromatic heterocycles. The van der Waals surface area contributed by atoms with Gasteiger partial charge in [0.05, 0.1) is 10.9 Å². The molecule has 24 heavy (non-hydrogen) atoms. The molecule has 130 valence electrons. The van der Waals surface area contributed by atoms with Crippen LogP contribution < -0.4 is 0 Å². The van der Waals surface area contributed by atoms with E-state index in [0.717, 1.165) is 37.6 Å². The number of aliphatic carboxylic acids is 1. The van der Waals surface area contributed by atoms with Crippen molar-refractivity contribution in [3.63, 3.8) is 0 Å². The van der Waals surface area contributed by atoms with E-state index in [1.54, 1.807) is 11.3 Å². The van der Waals surface area contributed by atoms with Crippen molar-refractivity contribution in [2.75, 3.05) is 32.7 Å². The molecule has 0 amide bonds. The van der Waals surface area contributed by atoms with Gasteiger partial charge in [-0.1, -0.05) is 11.2 Å². The minimum Gasteiger partial charge on any atom is -0.481 e. The highest BCUT2D eigenvalue weighted by atomic mass is 32.1. The smallest absolute Gasteiger partial charge is 0.303 e. The highest BCUT2D eigenvalue weighted by Crippen LogP contribution is 2.25. The molecule has 1 fully saturated rings. The minimum atomic E-state index is -0.722. The van der Waals surface area contributed by atoms with Crippen LogP contribution in [-0.4, -0.2) is 63.7 Å². The van der Waals surface area contributed by atoms with Crippen molar-refractivity contribution in [3.05, 3.63) is 23.4 Å². The van der Waals surface area contributed by atoms with Crippen LogP contribution in [0.15, 0.2) is 22.0 Å². The Morgan fingerprint density at radius 1 is 1.42 bits per heavy atom. The fourth-order valence-corrected chi connectivity index (χ4v) is 3.54. The maximum Gasteiger partial charge on any atom is 0.303 e. The van der Waals surface area contributed by atoms with Crippen molar-refractivity contribution in [2.45, 2.75) is 25.8 Å². The molecule has 1 unspecified atom stereocenters. The van der Waals surface area contributed by atoms with Crippen LogP contribution in [0.2, 0.25) is 0 Å². The number of nitrogens with zero attached hydrogens (tertiary/aromatic N) is 4. The quantitative estimate of drug-likeness (QED) is 0.820. The van der Waals surface area contributed by atoms with Gasteiger partial charge in [0.15, 0.2) is 0 Å². The van der Waals surface area contributed by atoms with E-state index >= 15 is 0 Å². The Labute approximate surface area is 144 Å². The Morgan fingerprint density at radius 2 is 2.21 bits per heavy atom. The Bertz CT molecular complexity index is 650. The minimum absolute atomic E-state index is 0.0902. The SMILES string of the molecule is CC(c1nc(-c2cccs2)no1)N1CCN(CCCC(=O)O)CC1. The van der Waals surface area contributed by atoms with E-state index in [1.807, 2.05) is 17.5 Å². The van der Waals surface area contributed by atoms with Crippen molar-refractivity contribution < 1.29 is 14.4 Å². The summed E-state index contributed by atoms with van der Waals surface area (Å²) in [4.78, 5) is 20.8. The average molecular weight is 350 g/mol. The van der Waals surface area contributed by atoms with E-state index in [0.29, 0.717) is 18.1 Å². The van der Waals surface area contributed by atoms with Gasteiger partial charge in [-0.2, -0.15) is 4.98 Å². The van der Waals surface area contributed by atoms with Gasteiger partial charge in [0.25, 0.3) is 0 Å². The van der Waals surface area contributed by atoms with Crippen LogP contribution in [0.3, 0.4) is 0 Å². The molecule has 0 bridgehead atoms. The molecule has 1 atom stereocenters. The Kier molecular flexibility index (Phi) is 5.60. The number of carbonyl (C=O) groups is 1. The highest BCUT2D eigenvalue weighted by Gasteiger charge is 2.26. The zero-order valence-electron chi connectivity index (χ0n) is 13.7. The summed E-state index contributed by atoms with van der Waals surface area (Å²) in [5.74, 6) is 0.581. The van der Waals surface area contributed by atoms with Gasteiger partial charge in [-0.25, -0.2) is 0 Å². The van der Waals surface area contributed by atoms with Gasteiger partial charge in [0, 0.05) is 32.6 Å². The van der Waals surface area contributed by atoms with Crippen LogP contribution >= 0.6 is 11.3 Å². The predicted molar refractivity (Wildman–Crippen MR) is 90.9 cm³/mol. The summed E-state index contributed by atoms with van der Waals surface area (Å²) < 4.78 is 5.45. The standard InChI is InChI=1S/C16H22N4O3S/c1-12(16-17-15(18-23-16)13-4-3-11-24-13)20-9-7-19(8-10-20)6-2-5-14(21)22/h3-4,11-12H,2,5-10H2,1H3,(H,21,22). The van der Waals surface area contributed by atoms with Crippen molar-refractivity contribution in [1.29, 1.82) is 0 Å². The third-order valence-electron chi connectivity index (χ3n) is 4.36. The summed E-state index contributed by atoms with van der Waals surface area (Å²) in [6.45, 7) is 6.66. The van der Waals surface area contributed by atoms with Crippen molar-refractivity contribution in [2.24, 2.45) is 0 Å². The Morgan fingerprint density at radius 3 is 2.88 bits per heavy atom. The number of rotatable bonds is 7. The van der Waals surface area contributed by atoms with Gasteiger partial charge in [-0.15, -0.1) is 11.3 Å². The van der Waals surface area contributed by atoms with Gasteiger partial charge in [-0.3, -0.25) is 9.69 Å². The number of carboxylic acid groups (broad SMARTS) is 1. The fraction of sp³-hybridized carbons (Fsp3) is 0.562. The van der Waals surface area contributed by atoms with Gasteiger partial charge in [0.2, 0.25) is 11.7 Å². The first-order valence-corrected chi connectivity index (χ1v) is 9.07. The lowest BCUT2D eigenvalue weighted by Gasteiger charge is -2.36. The summed E-state index contributed by atoms with van der Waals surface area (Å²) in [5.41, 5.74) is 0.